The number of nitrogens with two attached hydrogens (primary N) is 1. The van der Waals surface area contributed by atoms with Crippen LogP contribution in [-0.2, 0) is 9.53 Å². The third kappa shape index (κ3) is 4.72. The molecular weight excluding hydrogens is 408 g/mol. The van der Waals surface area contributed by atoms with E-state index in [0.29, 0.717) is 28.1 Å². The molecule has 0 radical (unpaired) electrons. The first-order valence-electron chi connectivity index (χ1n) is 7.83. The van der Waals surface area contributed by atoms with Gasteiger partial charge in [0.05, 0.1) is 12.7 Å². The number of aromatic amines is 1. The summed E-state index contributed by atoms with van der Waals surface area (Å²) in [6.45, 7) is 5.42. The number of benzene rings is 1. The van der Waals surface area contributed by atoms with Crippen LogP contribution in [0, 0.1) is 0 Å². The zero-order valence-corrected chi connectivity index (χ0v) is 16.1. The van der Waals surface area contributed by atoms with Crippen LogP contribution in [0.15, 0.2) is 16.6 Å². The van der Waals surface area contributed by atoms with E-state index < -0.39 is 11.9 Å². The van der Waals surface area contributed by atoms with E-state index in [-0.39, 0.29) is 24.1 Å². The van der Waals surface area contributed by atoms with Crippen LogP contribution in [0.3, 0.4) is 0 Å². The standard InChI is InChI=1S/C16H19BrN4O5/c1-4-24-11-5-9(14-15(16(18)23)20-21-19-14)10(17)6-12(11)25-7-13(22)26-8(2)3/h5-6,8H,4,7H2,1-3H3,(H2,18,23)(H,19,20,21). The van der Waals surface area contributed by atoms with Gasteiger partial charge in [0.25, 0.3) is 5.91 Å². The fourth-order valence-electron chi connectivity index (χ4n) is 2.12. The summed E-state index contributed by atoms with van der Waals surface area (Å²) in [5.41, 5.74) is 6.12. The molecule has 0 aliphatic rings. The Labute approximate surface area is 158 Å². The van der Waals surface area contributed by atoms with Crippen molar-refractivity contribution in [3.63, 3.8) is 0 Å². The van der Waals surface area contributed by atoms with Crippen molar-refractivity contribution >= 4 is 27.8 Å². The third-order valence-corrected chi connectivity index (χ3v) is 3.74. The number of hydrogen-bond donors (Lipinski definition) is 2. The molecule has 1 amide bonds. The topological polar surface area (TPSA) is 129 Å². The normalized spacial score (nSPS) is 10.7. The number of carbonyl (C=O) groups excluding carboxylic acids is 2. The number of ether oxygens (including phenoxy) is 3. The molecule has 0 unspecified atom stereocenters. The molecule has 1 heterocycles. The summed E-state index contributed by atoms with van der Waals surface area (Å²) in [6, 6.07) is 3.24. The predicted octanol–water partition coefficient (Wildman–Crippen LogP) is 2.06. The molecule has 0 fully saturated rings. The zero-order chi connectivity index (χ0) is 19.3. The van der Waals surface area contributed by atoms with Gasteiger partial charge in [-0.3, -0.25) is 4.79 Å². The smallest absolute Gasteiger partial charge is 0.344 e. The number of amides is 1. The second-order valence-electron chi connectivity index (χ2n) is 5.42. The van der Waals surface area contributed by atoms with Gasteiger partial charge >= 0.3 is 5.97 Å². The molecular formula is C16H19BrN4O5. The maximum absolute atomic E-state index is 11.7. The first-order valence-corrected chi connectivity index (χ1v) is 8.62. The lowest BCUT2D eigenvalue weighted by atomic mass is 10.1. The minimum atomic E-state index is -0.713. The lowest BCUT2D eigenvalue weighted by molar-refractivity contribution is -0.149. The largest absolute Gasteiger partial charge is 0.490 e. The van der Waals surface area contributed by atoms with Crippen LogP contribution in [0.25, 0.3) is 11.3 Å². The van der Waals surface area contributed by atoms with Crippen molar-refractivity contribution in [3.8, 4) is 22.8 Å². The highest BCUT2D eigenvalue weighted by Crippen LogP contribution is 2.39. The Morgan fingerprint density at radius 3 is 2.54 bits per heavy atom. The van der Waals surface area contributed by atoms with Crippen LogP contribution in [0.5, 0.6) is 11.5 Å². The first-order chi connectivity index (χ1) is 12.3. The lowest BCUT2D eigenvalue weighted by Gasteiger charge is -2.15. The number of H-pyrrole nitrogens is 1. The maximum atomic E-state index is 11.7. The van der Waals surface area contributed by atoms with E-state index in [1.165, 1.54) is 0 Å². The zero-order valence-electron chi connectivity index (χ0n) is 14.5. The second-order valence-corrected chi connectivity index (χ2v) is 6.28. The van der Waals surface area contributed by atoms with Gasteiger partial charge < -0.3 is 19.9 Å². The van der Waals surface area contributed by atoms with Crippen molar-refractivity contribution in [1.29, 1.82) is 0 Å². The first kappa shape index (κ1) is 19.7. The summed E-state index contributed by atoms with van der Waals surface area (Å²) < 4.78 is 16.7. The van der Waals surface area contributed by atoms with Crippen molar-refractivity contribution in [2.24, 2.45) is 5.73 Å². The average molecular weight is 427 g/mol. The monoisotopic (exact) mass is 426 g/mol. The molecule has 1 aromatic heterocycles. The van der Waals surface area contributed by atoms with E-state index in [2.05, 4.69) is 31.3 Å². The minimum Gasteiger partial charge on any atom is -0.490 e. The number of primary amides is 1. The van der Waals surface area contributed by atoms with E-state index in [4.69, 9.17) is 19.9 Å². The molecule has 0 aliphatic heterocycles. The van der Waals surface area contributed by atoms with Gasteiger partial charge in [0.15, 0.2) is 23.8 Å². The molecule has 2 aromatic rings. The van der Waals surface area contributed by atoms with Crippen LogP contribution < -0.4 is 15.2 Å². The van der Waals surface area contributed by atoms with Crippen LogP contribution in [0.4, 0.5) is 0 Å². The van der Waals surface area contributed by atoms with Crippen molar-refractivity contribution in [2.45, 2.75) is 26.9 Å². The molecule has 0 saturated carbocycles. The van der Waals surface area contributed by atoms with Crippen molar-refractivity contribution in [2.75, 3.05) is 13.2 Å². The Morgan fingerprint density at radius 2 is 1.92 bits per heavy atom. The Bertz CT molecular complexity index is 806. The fraction of sp³-hybridized carbons (Fsp3) is 0.375. The molecule has 140 valence electrons. The minimum absolute atomic E-state index is 0.00216. The highest BCUT2D eigenvalue weighted by molar-refractivity contribution is 9.10. The molecule has 0 spiro atoms. The van der Waals surface area contributed by atoms with Gasteiger partial charge in [0.1, 0.15) is 5.69 Å². The molecule has 3 N–H and O–H groups in total. The van der Waals surface area contributed by atoms with E-state index >= 15 is 0 Å². The summed E-state index contributed by atoms with van der Waals surface area (Å²) in [6.07, 6.45) is -0.231. The molecule has 2 rings (SSSR count). The molecule has 0 saturated heterocycles. The fourth-order valence-corrected chi connectivity index (χ4v) is 2.63. The number of aromatic nitrogens is 3. The number of nitrogens with one attached hydrogen (secondary N) is 1. The summed E-state index contributed by atoms with van der Waals surface area (Å²) in [5, 5.41) is 10.1. The molecule has 0 bridgehead atoms. The Balaban J connectivity index is 2.34. The lowest BCUT2D eigenvalue weighted by Crippen LogP contribution is -2.19. The van der Waals surface area contributed by atoms with Crippen LogP contribution in [0.2, 0.25) is 0 Å². The third-order valence-electron chi connectivity index (χ3n) is 3.08. The molecule has 26 heavy (non-hydrogen) atoms. The summed E-state index contributed by atoms with van der Waals surface area (Å²) >= 11 is 3.40. The van der Waals surface area contributed by atoms with Gasteiger partial charge in [0.2, 0.25) is 0 Å². The van der Waals surface area contributed by atoms with Gasteiger partial charge in [-0.05, 0) is 48.8 Å². The molecule has 0 aliphatic carbocycles. The molecule has 10 heteroatoms. The number of rotatable bonds is 8. The van der Waals surface area contributed by atoms with Gasteiger partial charge in [-0.15, -0.1) is 0 Å². The van der Waals surface area contributed by atoms with Gasteiger partial charge in [-0.1, -0.05) is 0 Å². The number of nitrogens with zero attached hydrogens (tertiary/aromatic N) is 2. The second kappa shape index (κ2) is 8.65. The predicted molar refractivity (Wildman–Crippen MR) is 95.9 cm³/mol. The van der Waals surface area contributed by atoms with Gasteiger partial charge in [-0.2, -0.15) is 15.4 Å². The molecule has 9 nitrogen and oxygen atoms in total. The van der Waals surface area contributed by atoms with Crippen molar-refractivity contribution in [1.82, 2.24) is 15.4 Å². The van der Waals surface area contributed by atoms with Crippen LogP contribution >= 0.6 is 15.9 Å². The Hall–Kier alpha value is -2.62. The van der Waals surface area contributed by atoms with E-state index in [1.54, 1.807) is 26.0 Å². The van der Waals surface area contributed by atoms with E-state index in [1.807, 2.05) is 6.92 Å². The van der Waals surface area contributed by atoms with E-state index in [9.17, 15) is 9.59 Å². The Kier molecular flexibility index (Phi) is 6.56. The Morgan fingerprint density at radius 1 is 1.23 bits per heavy atom. The summed E-state index contributed by atoms with van der Waals surface area (Å²) in [4.78, 5) is 23.2. The number of carbonyl (C=O) groups is 2. The summed E-state index contributed by atoms with van der Waals surface area (Å²) in [5.74, 6) is -0.487. The summed E-state index contributed by atoms with van der Waals surface area (Å²) in [7, 11) is 0. The number of hydrogen-bond acceptors (Lipinski definition) is 7. The van der Waals surface area contributed by atoms with E-state index in [0.717, 1.165) is 0 Å². The van der Waals surface area contributed by atoms with Gasteiger partial charge in [0, 0.05) is 10.0 Å². The maximum Gasteiger partial charge on any atom is 0.344 e. The average Bonchev–Trinajstić information content (AvgIpc) is 3.04. The number of halogens is 1. The number of esters is 1. The van der Waals surface area contributed by atoms with Crippen LogP contribution in [-0.4, -0.2) is 46.6 Å². The van der Waals surface area contributed by atoms with Crippen molar-refractivity contribution in [3.05, 3.63) is 22.3 Å². The SMILES string of the molecule is CCOc1cc(-c2n[nH]nc2C(N)=O)c(Br)cc1OCC(=O)OC(C)C. The molecule has 1 aromatic carbocycles. The highest BCUT2D eigenvalue weighted by atomic mass is 79.9. The van der Waals surface area contributed by atoms with Crippen LogP contribution in [0.1, 0.15) is 31.3 Å². The molecule has 0 atom stereocenters. The highest BCUT2D eigenvalue weighted by Gasteiger charge is 2.21. The van der Waals surface area contributed by atoms with Crippen molar-refractivity contribution < 1.29 is 23.8 Å². The van der Waals surface area contributed by atoms with Gasteiger partial charge in [-0.25, -0.2) is 4.79 Å². The quantitative estimate of drug-likeness (QED) is 0.617.